The van der Waals surface area contributed by atoms with Crippen LogP contribution < -0.4 is 0 Å². The van der Waals surface area contributed by atoms with Crippen molar-refractivity contribution in [3.63, 3.8) is 0 Å². The summed E-state index contributed by atoms with van der Waals surface area (Å²) in [5.74, 6) is 0.198. The van der Waals surface area contributed by atoms with Gasteiger partial charge in [-0.1, -0.05) is 11.6 Å². The molecule has 2 aliphatic heterocycles. The minimum absolute atomic E-state index is 0.0255. The van der Waals surface area contributed by atoms with E-state index in [1.54, 1.807) is 12.3 Å². The molecule has 0 fully saturated rings. The third kappa shape index (κ3) is 1.20. The zero-order valence-electron chi connectivity index (χ0n) is 7.53. The van der Waals surface area contributed by atoms with Crippen LogP contribution in [0.1, 0.15) is 6.92 Å². The molecular formula is C9H11ClN2O. The standard InChI is InChI=1S/C9H11ClN2O/c1-6-4-11(2)9-8(10)3-7(13)5-12(6)9/h3-5,9,13H,1-2H3. The van der Waals surface area contributed by atoms with Gasteiger partial charge in [-0.05, 0) is 13.0 Å². The Bertz CT molecular complexity index is 333. The van der Waals surface area contributed by atoms with Crippen molar-refractivity contribution in [1.82, 2.24) is 9.80 Å². The molecule has 1 atom stereocenters. The molecule has 0 aliphatic carbocycles. The first-order valence-corrected chi connectivity index (χ1v) is 4.44. The number of halogens is 1. The van der Waals surface area contributed by atoms with Crippen molar-refractivity contribution in [1.29, 1.82) is 0 Å². The van der Waals surface area contributed by atoms with Crippen LogP contribution in [0.4, 0.5) is 0 Å². The molecule has 0 aromatic carbocycles. The molecule has 2 rings (SSSR count). The Balaban J connectivity index is 2.39. The number of nitrogens with zero attached hydrogens (tertiary/aromatic N) is 2. The molecule has 3 nitrogen and oxygen atoms in total. The fraction of sp³-hybridized carbons (Fsp3) is 0.333. The Morgan fingerprint density at radius 1 is 1.46 bits per heavy atom. The molecule has 0 spiro atoms. The van der Waals surface area contributed by atoms with Gasteiger partial charge in [0, 0.05) is 25.1 Å². The van der Waals surface area contributed by atoms with E-state index in [1.807, 2.05) is 30.0 Å². The highest BCUT2D eigenvalue weighted by Gasteiger charge is 2.31. The van der Waals surface area contributed by atoms with Crippen molar-refractivity contribution in [2.24, 2.45) is 0 Å². The van der Waals surface area contributed by atoms with Gasteiger partial charge < -0.3 is 14.9 Å². The summed E-state index contributed by atoms with van der Waals surface area (Å²) in [4.78, 5) is 3.95. The lowest BCUT2D eigenvalue weighted by Crippen LogP contribution is -2.36. The number of likely N-dealkylation sites (N-methyl/N-ethyl adjacent to an activating group) is 1. The van der Waals surface area contributed by atoms with E-state index in [1.165, 1.54) is 0 Å². The van der Waals surface area contributed by atoms with E-state index in [-0.39, 0.29) is 11.9 Å². The van der Waals surface area contributed by atoms with Gasteiger partial charge in [-0.15, -0.1) is 0 Å². The zero-order chi connectivity index (χ0) is 9.59. The quantitative estimate of drug-likeness (QED) is 0.645. The van der Waals surface area contributed by atoms with E-state index in [0.717, 1.165) is 5.70 Å². The molecular weight excluding hydrogens is 188 g/mol. The fourth-order valence-electron chi connectivity index (χ4n) is 1.72. The largest absolute Gasteiger partial charge is 0.506 e. The van der Waals surface area contributed by atoms with E-state index >= 15 is 0 Å². The number of fused-ring (bicyclic) bond motifs is 1. The Kier molecular flexibility index (Phi) is 1.77. The van der Waals surface area contributed by atoms with E-state index in [4.69, 9.17) is 11.6 Å². The number of aliphatic hydroxyl groups is 1. The summed E-state index contributed by atoms with van der Waals surface area (Å²) in [5.41, 5.74) is 1.07. The highest BCUT2D eigenvalue weighted by atomic mass is 35.5. The van der Waals surface area contributed by atoms with E-state index in [2.05, 4.69) is 0 Å². The number of hydrogen-bond acceptors (Lipinski definition) is 3. The van der Waals surface area contributed by atoms with Crippen molar-refractivity contribution in [2.45, 2.75) is 13.1 Å². The SMILES string of the molecule is CC1=CN(C)C2C(Cl)=CC(O)=CN12. The molecule has 1 unspecified atom stereocenters. The van der Waals surface area contributed by atoms with Gasteiger partial charge in [0.15, 0.2) is 0 Å². The molecule has 0 saturated carbocycles. The Morgan fingerprint density at radius 2 is 2.15 bits per heavy atom. The highest BCUT2D eigenvalue weighted by molar-refractivity contribution is 6.30. The maximum absolute atomic E-state index is 9.34. The lowest BCUT2D eigenvalue weighted by atomic mass is 10.2. The van der Waals surface area contributed by atoms with Gasteiger partial charge in [0.05, 0.1) is 5.03 Å². The van der Waals surface area contributed by atoms with Crippen molar-refractivity contribution in [3.8, 4) is 0 Å². The van der Waals surface area contributed by atoms with Gasteiger partial charge >= 0.3 is 0 Å². The molecule has 0 aromatic rings. The summed E-state index contributed by atoms with van der Waals surface area (Å²) >= 11 is 6.02. The van der Waals surface area contributed by atoms with E-state index < -0.39 is 0 Å². The van der Waals surface area contributed by atoms with Crippen molar-refractivity contribution in [2.75, 3.05) is 7.05 Å². The number of aliphatic hydroxyl groups excluding tert-OH is 1. The Labute approximate surface area is 82.2 Å². The molecule has 0 amide bonds. The van der Waals surface area contributed by atoms with Crippen LogP contribution in [0.3, 0.4) is 0 Å². The summed E-state index contributed by atoms with van der Waals surface area (Å²) in [5, 5.41) is 9.98. The number of allylic oxidation sites excluding steroid dienone is 2. The molecule has 0 bridgehead atoms. The van der Waals surface area contributed by atoms with Crippen molar-refractivity contribution < 1.29 is 5.11 Å². The normalized spacial score (nSPS) is 26.7. The van der Waals surface area contributed by atoms with Gasteiger partial charge in [0.1, 0.15) is 11.9 Å². The molecule has 2 aliphatic rings. The lowest BCUT2D eigenvalue weighted by Gasteiger charge is -2.31. The Hall–Kier alpha value is -1.09. The van der Waals surface area contributed by atoms with Crippen molar-refractivity contribution in [3.05, 3.63) is 35.0 Å². The van der Waals surface area contributed by atoms with Gasteiger partial charge in [-0.3, -0.25) is 0 Å². The molecule has 70 valence electrons. The smallest absolute Gasteiger partial charge is 0.142 e. The first-order valence-electron chi connectivity index (χ1n) is 4.06. The van der Waals surface area contributed by atoms with Gasteiger partial charge in [-0.2, -0.15) is 0 Å². The van der Waals surface area contributed by atoms with Crippen LogP contribution in [0.15, 0.2) is 35.0 Å². The first kappa shape index (κ1) is 8.51. The Morgan fingerprint density at radius 3 is 2.85 bits per heavy atom. The summed E-state index contributed by atoms with van der Waals surface area (Å²) in [6.07, 6.45) is 5.28. The minimum Gasteiger partial charge on any atom is -0.506 e. The summed E-state index contributed by atoms with van der Waals surface area (Å²) < 4.78 is 0. The van der Waals surface area contributed by atoms with E-state index in [9.17, 15) is 5.11 Å². The molecule has 0 aromatic heterocycles. The summed E-state index contributed by atoms with van der Waals surface area (Å²) in [7, 11) is 1.96. The molecule has 1 N–H and O–H groups in total. The molecule has 4 heteroatoms. The fourth-order valence-corrected chi connectivity index (χ4v) is 2.09. The second-order valence-corrected chi connectivity index (χ2v) is 3.74. The lowest BCUT2D eigenvalue weighted by molar-refractivity contribution is 0.248. The van der Waals surface area contributed by atoms with Crippen LogP contribution in [0.2, 0.25) is 0 Å². The summed E-state index contributed by atoms with van der Waals surface area (Å²) in [6, 6.07) is 0. The van der Waals surface area contributed by atoms with Crippen LogP contribution in [-0.2, 0) is 0 Å². The van der Waals surface area contributed by atoms with Crippen LogP contribution in [0, 0.1) is 0 Å². The predicted molar refractivity (Wildman–Crippen MR) is 51.8 cm³/mol. The second-order valence-electron chi connectivity index (χ2n) is 3.30. The maximum atomic E-state index is 9.34. The molecule has 0 saturated heterocycles. The topological polar surface area (TPSA) is 26.7 Å². The molecule has 13 heavy (non-hydrogen) atoms. The average Bonchev–Trinajstić information content (AvgIpc) is 2.27. The van der Waals surface area contributed by atoms with Crippen molar-refractivity contribution >= 4 is 11.6 Å². The molecule has 2 heterocycles. The van der Waals surface area contributed by atoms with Gasteiger partial charge in [0.25, 0.3) is 0 Å². The minimum atomic E-state index is 0.0255. The predicted octanol–water partition coefficient (Wildman–Crippen LogP) is 1.96. The monoisotopic (exact) mass is 198 g/mol. The third-order valence-corrected chi connectivity index (χ3v) is 2.56. The first-order chi connectivity index (χ1) is 6.09. The zero-order valence-corrected chi connectivity index (χ0v) is 8.28. The van der Waals surface area contributed by atoms with E-state index in [0.29, 0.717) is 5.03 Å². The second kappa shape index (κ2) is 2.70. The third-order valence-electron chi connectivity index (χ3n) is 2.25. The summed E-state index contributed by atoms with van der Waals surface area (Å²) in [6.45, 7) is 1.98. The van der Waals surface area contributed by atoms with Crippen LogP contribution in [0.5, 0.6) is 0 Å². The average molecular weight is 199 g/mol. The van der Waals surface area contributed by atoms with Crippen LogP contribution in [0.25, 0.3) is 0 Å². The van der Waals surface area contributed by atoms with Gasteiger partial charge in [0.2, 0.25) is 0 Å². The number of hydrogen-bond donors (Lipinski definition) is 1. The van der Waals surface area contributed by atoms with Crippen LogP contribution in [-0.4, -0.2) is 28.1 Å². The molecule has 0 radical (unpaired) electrons. The van der Waals surface area contributed by atoms with Crippen LogP contribution >= 0.6 is 11.6 Å². The number of rotatable bonds is 0. The maximum Gasteiger partial charge on any atom is 0.142 e. The van der Waals surface area contributed by atoms with Gasteiger partial charge in [-0.25, -0.2) is 0 Å². The highest BCUT2D eigenvalue weighted by Crippen LogP contribution is 2.32.